The molecular weight excluding hydrogens is 355 g/mol. The van der Waals surface area contributed by atoms with Crippen LogP contribution in [0, 0.1) is 5.82 Å². The van der Waals surface area contributed by atoms with Crippen LogP contribution in [0.15, 0.2) is 53.5 Å². The first kappa shape index (κ1) is 20.3. The smallest absolute Gasteiger partial charge is 0.193 e. The summed E-state index contributed by atoms with van der Waals surface area (Å²) in [6.45, 7) is 5.77. The molecule has 0 unspecified atom stereocenters. The summed E-state index contributed by atoms with van der Waals surface area (Å²) < 4.78 is 18.9. The maximum Gasteiger partial charge on any atom is 0.193 e. The molecular formula is C22H29FN4O. The van der Waals surface area contributed by atoms with Gasteiger partial charge in [-0.1, -0.05) is 36.4 Å². The lowest BCUT2D eigenvalue weighted by Gasteiger charge is -2.28. The second kappa shape index (κ2) is 10.2. The van der Waals surface area contributed by atoms with Gasteiger partial charge in [-0.3, -0.25) is 9.89 Å². The third kappa shape index (κ3) is 5.78. The van der Waals surface area contributed by atoms with Crippen molar-refractivity contribution in [3.63, 3.8) is 0 Å². The number of ether oxygens (including phenoxy) is 1. The Kier molecular flexibility index (Phi) is 7.39. The maximum atomic E-state index is 13.4. The largest absolute Gasteiger partial charge is 0.379 e. The quantitative estimate of drug-likeness (QED) is 0.614. The standard InChI is InChI=1S/C22H29FN4O/c1-24-22(26(2)16-18-6-5-9-21(23)14-18)25-15-19-7-3-4-8-20(19)17-27-10-12-28-13-11-27/h3-9,14H,10-13,15-17H2,1-2H3,(H,24,25). The van der Waals surface area contributed by atoms with Crippen molar-refractivity contribution in [1.82, 2.24) is 15.1 Å². The first-order valence-corrected chi connectivity index (χ1v) is 9.69. The SMILES string of the molecule is CN=C(NCc1ccccc1CN1CCOCC1)N(C)Cc1cccc(F)c1. The van der Waals surface area contributed by atoms with Crippen LogP contribution in [-0.4, -0.2) is 56.2 Å². The number of hydrogen-bond acceptors (Lipinski definition) is 3. The van der Waals surface area contributed by atoms with Gasteiger partial charge in [0.25, 0.3) is 0 Å². The number of hydrogen-bond donors (Lipinski definition) is 1. The molecule has 1 heterocycles. The van der Waals surface area contributed by atoms with Gasteiger partial charge in [0.2, 0.25) is 0 Å². The number of aliphatic imine (C=N–C) groups is 1. The molecule has 28 heavy (non-hydrogen) atoms. The van der Waals surface area contributed by atoms with Crippen molar-refractivity contribution in [2.75, 3.05) is 40.4 Å². The summed E-state index contributed by atoms with van der Waals surface area (Å²) in [5.74, 6) is 0.566. The molecule has 6 heteroatoms. The van der Waals surface area contributed by atoms with Crippen molar-refractivity contribution in [3.05, 3.63) is 71.0 Å². The van der Waals surface area contributed by atoms with Gasteiger partial charge in [0.15, 0.2) is 5.96 Å². The molecule has 1 saturated heterocycles. The molecule has 5 nitrogen and oxygen atoms in total. The van der Waals surface area contributed by atoms with Gasteiger partial charge >= 0.3 is 0 Å². The van der Waals surface area contributed by atoms with E-state index in [0.717, 1.165) is 44.4 Å². The fourth-order valence-electron chi connectivity index (χ4n) is 3.43. The minimum absolute atomic E-state index is 0.217. The highest BCUT2D eigenvalue weighted by molar-refractivity contribution is 5.79. The van der Waals surface area contributed by atoms with E-state index >= 15 is 0 Å². The first-order chi connectivity index (χ1) is 13.7. The Morgan fingerprint density at radius 2 is 1.89 bits per heavy atom. The topological polar surface area (TPSA) is 40.1 Å². The molecule has 1 aliphatic heterocycles. The zero-order valence-electron chi connectivity index (χ0n) is 16.7. The van der Waals surface area contributed by atoms with Crippen molar-refractivity contribution in [2.45, 2.75) is 19.6 Å². The number of halogens is 1. The Hall–Kier alpha value is -2.44. The van der Waals surface area contributed by atoms with Gasteiger partial charge in [-0.2, -0.15) is 0 Å². The lowest BCUT2D eigenvalue weighted by atomic mass is 10.1. The summed E-state index contributed by atoms with van der Waals surface area (Å²) in [5, 5.41) is 3.44. The van der Waals surface area contributed by atoms with Crippen LogP contribution >= 0.6 is 0 Å². The molecule has 150 valence electrons. The average molecular weight is 384 g/mol. The Morgan fingerprint density at radius 3 is 2.61 bits per heavy atom. The minimum atomic E-state index is -0.217. The second-order valence-corrected chi connectivity index (χ2v) is 7.04. The lowest BCUT2D eigenvalue weighted by Crippen LogP contribution is -2.38. The third-order valence-corrected chi connectivity index (χ3v) is 4.94. The number of nitrogens with one attached hydrogen (secondary N) is 1. The second-order valence-electron chi connectivity index (χ2n) is 7.04. The van der Waals surface area contributed by atoms with Crippen molar-refractivity contribution < 1.29 is 9.13 Å². The van der Waals surface area contributed by atoms with E-state index < -0.39 is 0 Å². The number of rotatable bonds is 6. The van der Waals surface area contributed by atoms with Gasteiger partial charge in [0.1, 0.15) is 5.82 Å². The molecule has 2 aromatic carbocycles. The van der Waals surface area contributed by atoms with Gasteiger partial charge in [0, 0.05) is 46.8 Å². The van der Waals surface area contributed by atoms with E-state index in [0.29, 0.717) is 13.1 Å². The van der Waals surface area contributed by atoms with E-state index in [1.807, 2.05) is 18.0 Å². The van der Waals surface area contributed by atoms with Crippen LogP contribution in [0.2, 0.25) is 0 Å². The molecule has 1 aliphatic rings. The summed E-state index contributed by atoms with van der Waals surface area (Å²) in [6, 6.07) is 15.2. The Morgan fingerprint density at radius 1 is 1.14 bits per heavy atom. The monoisotopic (exact) mass is 384 g/mol. The Bertz CT molecular complexity index is 790. The molecule has 0 radical (unpaired) electrons. The summed E-state index contributed by atoms with van der Waals surface area (Å²) >= 11 is 0. The first-order valence-electron chi connectivity index (χ1n) is 9.69. The highest BCUT2D eigenvalue weighted by Gasteiger charge is 2.13. The predicted octanol–water partition coefficient (Wildman–Crippen LogP) is 2.87. The highest BCUT2D eigenvalue weighted by atomic mass is 19.1. The summed E-state index contributed by atoms with van der Waals surface area (Å²) in [4.78, 5) is 8.80. The van der Waals surface area contributed by atoms with Gasteiger partial charge in [-0.05, 0) is 28.8 Å². The molecule has 2 aromatic rings. The fourth-order valence-corrected chi connectivity index (χ4v) is 3.43. The van der Waals surface area contributed by atoms with E-state index in [9.17, 15) is 4.39 Å². The van der Waals surface area contributed by atoms with E-state index in [-0.39, 0.29) is 5.82 Å². The van der Waals surface area contributed by atoms with Crippen LogP contribution in [0.5, 0.6) is 0 Å². The van der Waals surface area contributed by atoms with E-state index in [4.69, 9.17) is 4.74 Å². The van der Waals surface area contributed by atoms with E-state index in [2.05, 4.69) is 39.5 Å². The molecule has 0 aromatic heterocycles. The molecule has 1 fully saturated rings. The predicted molar refractivity (Wildman–Crippen MR) is 111 cm³/mol. The summed E-state index contributed by atoms with van der Waals surface area (Å²) in [5.41, 5.74) is 3.49. The van der Waals surface area contributed by atoms with Crippen LogP contribution in [0.3, 0.4) is 0 Å². The molecule has 0 bridgehead atoms. The number of guanidine groups is 1. The van der Waals surface area contributed by atoms with Crippen LogP contribution < -0.4 is 5.32 Å². The third-order valence-electron chi connectivity index (χ3n) is 4.94. The lowest BCUT2D eigenvalue weighted by molar-refractivity contribution is 0.0341. The van der Waals surface area contributed by atoms with Crippen LogP contribution in [0.25, 0.3) is 0 Å². The Labute approximate surface area is 166 Å². The van der Waals surface area contributed by atoms with E-state index in [1.165, 1.54) is 17.2 Å². The molecule has 0 saturated carbocycles. The molecule has 0 amide bonds. The van der Waals surface area contributed by atoms with E-state index in [1.54, 1.807) is 19.2 Å². The van der Waals surface area contributed by atoms with Crippen molar-refractivity contribution in [1.29, 1.82) is 0 Å². The molecule has 0 atom stereocenters. The number of benzene rings is 2. The minimum Gasteiger partial charge on any atom is -0.379 e. The molecule has 1 N–H and O–H groups in total. The molecule has 0 aliphatic carbocycles. The number of morpholine rings is 1. The number of nitrogens with zero attached hydrogens (tertiary/aromatic N) is 3. The van der Waals surface area contributed by atoms with Gasteiger partial charge < -0.3 is 15.0 Å². The summed E-state index contributed by atoms with van der Waals surface area (Å²) in [7, 11) is 3.73. The van der Waals surface area contributed by atoms with Crippen molar-refractivity contribution in [2.24, 2.45) is 4.99 Å². The average Bonchev–Trinajstić information content (AvgIpc) is 2.70. The molecule has 3 rings (SSSR count). The van der Waals surface area contributed by atoms with Crippen molar-refractivity contribution in [3.8, 4) is 0 Å². The van der Waals surface area contributed by atoms with Crippen molar-refractivity contribution >= 4 is 5.96 Å². The fraction of sp³-hybridized carbons (Fsp3) is 0.409. The summed E-state index contributed by atoms with van der Waals surface area (Å²) in [6.07, 6.45) is 0. The van der Waals surface area contributed by atoms with Crippen LogP contribution in [0.1, 0.15) is 16.7 Å². The van der Waals surface area contributed by atoms with Crippen LogP contribution in [-0.2, 0) is 24.4 Å². The maximum absolute atomic E-state index is 13.4. The normalized spacial score (nSPS) is 15.5. The highest BCUT2D eigenvalue weighted by Crippen LogP contribution is 2.13. The van der Waals surface area contributed by atoms with Crippen LogP contribution in [0.4, 0.5) is 4.39 Å². The van der Waals surface area contributed by atoms with Gasteiger partial charge in [0.05, 0.1) is 13.2 Å². The zero-order chi connectivity index (χ0) is 19.8. The van der Waals surface area contributed by atoms with Gasteiger partial charge in [-0.25, -0.2) is 4.39 Å². The Balaban J connectivity index is 1.60. The zero-order valence-corrected chi connectivity index (χ0v) is 16.7. The molecule has 0 spiro atoms. The van der Waals surface area contributed by atoms with Gasteiger partial charge in [-0.15, -0.1) is 0 Å².